The van der Waals surface area contributed by atoms with E-state index in [0.717, 1.165) is 26.1 Å². The topological polar surface area (TPSA) is 93.5 Å². The highest BCUT2D eigenvalue weighted by atomic mass is 16.5. The van der Waals surface area contributed by atoms with Crippen LogP contribution in [0.5, 0.6) is 0 Å². The van der Waals surface area contributed by atoms with Crippen LogP contribution in [-0.4, -0.2) is 31.6 Å². The van der Waals surface area contributed by atoms with Gasteiger partial charge in [0, 0.05) is 19.8 Å². The number of carbonyl (C=O) groups is 2. The first-order chi connectivity index (χ1) is 6.74. The van der Waals surface area contributed by atoms with E-state index >= 15 is 0 Å². The minimum absolute atomic E-state index is 0.401. The first kappa shape index (κ1) is 10.9. The fraction of sp³-hybridized carbons (Fsp3) is 0.750. The second-order valence-electron chi connectivity index (χ2n) is 3.24. The van der Waals surface area contributed by atoms with Crippen molar-refractivity contribution in [2.45, 2.75) is 12.8 Å². The van der Waals surface area contributed by atoms with Gasteiger partial charge < -0.3 is 10.1 Å². The quantitative estimate of drug-likeness (QED) is 0.220. The SMILES string of the molecule is NNC(=O)C(=O)NCC1CCOCC1. The zero-order chi connectivity index (χ0) is 10.4. The van der Waals surface area contributed by atoms with Gasteiger partial charge in [0.05, 0.1) is 0 Å². The molecule has 0 radical (unpaired) electrons. The molecule has 80 valence electrons. The third-order valence-corrected chi connectivity index (χ3v) is 2.23. The summed E-state index contributed by atoms with van der Waals surface area (Å²) >= 11 is 0. The van der Waals surface area contributed by atoms with Crippen molar-refractivity contribution < 1.29 is 14.3 Å². The predicted octanol–water partition coefficient (Wildman–Crippen LogP) is -1.48. The lowest BCUT2D eigenvalue weighted by molar-refractivity contribution is -0.139. The first-order valence-corrected chi connectivity index (χ1v) is 4.60. The number of carbonyl (C=O) groups excluding carboxylic acids is 2. The lowest BCUT2D eigenvalue weighted by Crippen LogP contribution is -2.44. The van der Waals surface area contributed by atoms with Crippen LogP contribution in [0.15, 0.2) is 0 Å². The van der Waals surface area contributed by atoms with E-state index in [9.17, 15) is 9.59 Å². The van der Waals surface area contributed by atoms with E-state index < -0.39 is 11.8 Å². The zero-order valence-corrected chi connectivity index (χ0v) is 7.91. The standard InChI is InChI=1S/C8H15N3O3/c9-11-8(13)7(12)10-5-6-1-3-14-4-2-6/h6H,1-5,9H2,(H,10,12)(H,11,13). The molecule has 0 aromatic carbocycles. The molecular weight excluding hydrogens is 186 g/mol. The summed E-state index contributed by atoms with van der Waals surface area (Å²) in [4.78, 5) is 21.7. The zero-order valence-electron chi connectivity index (χ0n) is 7.91. The van der Waals surface area contributed by atoms with Gasteiger partial charge in [0.15, 0.2) is 0 Å². The maximum absolute atomic E-state index is 11.0. The van der Waals surface area contributed by atoms with Crippen LogP contribution in [0.1, 0.15) is 12.8 Å². The van der Waals surface area contributed by atoms with E-state index in [1.165, 1.54) is 0 Å². The molecule has 1 saturated heterocycles. The van der Waals surface area contributed by atoms with Crippen molar-refractivity contribution in [1.29, 1.82) is 0 Å². The summed E-state index contributed by atoms with van der Waals surface area (Å²) in [6.45, 7) is 1.96. The van der Waals surface area contributed by atoms with Crippen molar-refractivity contribution in [3.63, 3.8) is 0 Å². The summed E-state index contributed by atoms with van der Waals surface area (Å²) < 4.78 is 5.16. The van der Waals surface area contributed by atoms with Gasteiger partial charge in [-0.3, -0.25) is 15.0 Å². The fourth-order valence-corrected chi connectivity index (χ4v) is 1.33. The molecule has 6 nitrogen and oxygen atoms in total. The van der Waals surface area contributed by atoms with Gasteiger partial charge in [-0.1, -0.05) is 0 Å². The van der Waals surface area contributed by atoms with Crippen LogP contribution in [0, 0.1) is 5.92 Å². The van der Waals surface area contributed by atoms with Gasteiger partial charge in [-0.2, -0.15) is 0 Å². The average Bonchev–Trinajstić information content (AvgIpc) is 2.26. The van der Waals surface area contributed by atoms with Crippen LogP contribution in [-0.2, 0) is 14.3 Å². The van der Waals surface area contributed by atoms with Gasteiger partial charge in [0.1, 0.15) is 0 Å². The smallest absolute Gasteiger partial charge is 0.323 e. The second kappa shape index (κ2) is 5.56. The molecule has 1 rings (SSSR count). The van der Waals surface area contributed by atoms with Gasteiger partial charge >= 0.3 is 11.8 Å². The highest BCUT2D eigenvalue weighted by Gasteiger charge is 2.17. The number of hydrogen-bond acceptors (Lipinski definition) is 4. The minimum atomic E-state index is -0.808. The molecule has 0 atom stereocenters. The van der Waals surface area contributed by atoms with E-state index in [2.05, 4.69) is 5.32 Å². The molecule has 4 N–H and O–H groups in total. The summed E-state index contributed by atoms with van der Waals surface area (Å²) in [5.41, 5.74) is 1.78. The normalized spacial score (nSPS) is 17.5. The van der Waals surface area contributed by atoms with Crippen molar-refractivity contribution in [2.24, 2.45) is 11.8 Å². The van der Waals surface area contributed by atoms with Gasteiger partial charge in [0.2, 0.25) is 0 Å². The maximum Gasteiger partial charge on any atom is 0.323 e. The summed E-state index contributed by atoms with van der Waals surface area (Å²) in [6.07, 6.45) is 1.84. The molecular formula is C8H15N3O3. The molecule has 2 amide bonds. The number of nitrogens with two attached hydrogens (primary N) is 1. The number of amides is 2. The highest BCUT2D eigenvalue weighted by molar-refractivity contribution is 6.34. The highest BCUT2D eigenvalue weighted by Crippen LogP contribution is 2.12. The fourth-order valence-electron chi connectivity index (χ4n) is 1.33. The Morgan fingerprint density at radius 1 is 1.29 bits per heavy atom. The third kappa shape index (κ3) is 3.31. The number of ether oxygens (including phenoxy) is 1. The molecule has 14 heavy (non-hydrogen) atoms. The molecule has 0 aromatic heterocycles. The molecule has 0 saturated carbocycles. The molecule has 0 aromatic rings. The Balaban J connectivity index is 2.18. The van der Waals surface area contributed by atoms with Crippen LogP contribution in [0.2, 0.25) is 0 Å². The number of nitrogens with one attached hydrogen (secondary N) is 2. The molecule has 1 aliphatic heterocycles. The van der Waals surface area contributed by atoms with E-state index in [1.807, 2.05) is 0 Å². The largest absolute Gasteiger partial charge is 0.381 e. The van der Waals surface area contributed by atoms with Crippen molar-refractivity contribution in [2.75, 3.05) is 19.8 Å². The first-order valence-electron chi connectivity index (χ1n) is 4.60. The van der Waals surface area contributed by atoms with Gasteiger partial charge in [0.25, 0.3) is 0 Å². The van der Waals surface area contributed by atoms with E-state index in [4.69, 9.17) is 10.6 Å². The minimum Gasteiger partial charge on any atom is -0.381 e. The molecule has 0 unspecified atom stereocenters. The summed E-state index contributed by atoms with van der Waals surface area (Å²) in [5.74, 6) is 3.71. The molecule has 6 heteroatoms. The lowest BCUT2D eigenvalue weighted by atomic mass is 10.0. The molecule has 1 fully saturated rings. The molecule has 0 spiro atoms. The van der Waals surface area contributed by atoms with Gasteiger partial charge in [-0.15, -0.1) is 0 Å². The molecule has 1 heterocycles. The Morgan fingerprint density at radius 2 is 1.93 bits per heavy atom. The van der Waals surface area contributed by atoms with Crippen LogP contribution < -0.4 is 16.6 Å². The van der Waals surface area contributed by atoms with Crippen molar-refractivity contribution in [1.82, 2.24) is 10.7 Å². The average molecular weight is 201 g/mol. The van der Waals surface area contributed by atoms with Crippen molar-refractivity contribution >= 4 is 11.8 Å². The summed E-state index contributed by atoms with van der Waals surface area (Å²) in [7, 11) is 0. The van der Waals surface area contributed by atoms with Crippen LogP contribution in [0.3, 0.4) is 0 Å². The van der Waals surface area contributed by atoms with Crippen LogP contribution >= 0.6 is 0 Å². The Labute approximate surface area is 82.1 Å². The van der Waals surface area contributed by atoms with Crippen molar-refractivity contribution in [3.05, 3.63) is 0 Å². The second-order valence-corrected chi connectivity index (χ2v) is 3.24. The monoisotopic (exact) mass is 201 g/mol. The lowest BCUT2D eigenvalue weighted by Gasteiger charge is -2.21. The van der Waals surface area contributed by atoms with Gasteiger partial charge in [-0.25, -0.2) is 5.84 Å². The Kier molecular flexibility index (Phi) is 4.34. The number of rotatable bonds is 2. The third-order valence-electron chi connectivity index (χ3n) is 2.23. The van der Waals surface area contributed by atoms with Crippen LogP contribution in [0.25, 0.3) is 0 Å². The number of hydrogen-bond donors (Lipinski definition) is 3. The Hall–Kier alpha value is -1.14. The Bertz CT molecular complexity index is 214. The van der Waals surface area contributed by atoms with Gasteiger partial charge in [-0.05, 0) is 18.8 Å². The number of hydrazine groups is 1. The van der Waals surface area contributed by atoms with E-state index in [0.29, 0.717) is 12.5 Å². The van der Waals surface area contributed by atoms with Crippen LogP contribution in [0.4, 0.5) is 0 Å². The Morgan fingerprint density at radius 3 is 2.50 bits per heavy atom. The summed E-state index contributed by atoms with van der Waals surface area (Å²) in [5, 5.41) is 2.52. The maximum atomic E-state index is 11.0. The summed E-state index contributed by atoms with van der Waals surface area (Å²) in [6, 6.07) is 0. The van der Waals surface area contributed by atoms with Crippen molar-refractivity contribution in [3.8, 4) is 0 Å². The van der Waals surface area contributed by atoms with E-state index in [-0.39, 0.29) is 0 Å². The van der Waals surface area contributed by atoms with E-state index in [1.54, 1.807) is 5.43 Å². The molecule has 0 aliphatic carbocycles. The molecule has 1 aliphatic rings. The molecule has 0 bridgehead atoms. The predicted molar refractivity (Wildman–Crippen MR) is 48.9 cm³/mol.